The first-order chi connectivity index (χ1) is 11.1. The lowest BCUT2D eigenvalue weighted by Gasteiger charge is -2.31. The number of anilines is 1. The van der Waals surface area contributed by atoms with Crippen molar-refractivity contribution in [3.63, 3.8) is 0 Å². The molecule has 1 fully saturated rings. The lowest BCUT2D eigenvalue weighted by Crippen LogP contribution is -2.33. The largest absolute Gasteiger partial charge is 0.366 e. The summed E-state index contributed by atoms with van der Waals surface area (Å²) in [5.74, 6) is 1.27. The molecule has 1 saturated heterocycles. The van der Waals surface area contributed by atoms with Crippen molar-refractivity contribution in [2.75, 3.05) is 18.0 Å². The standard InChI is InChI=1S/C17H19N5O/c1-10-4-6-22(7-5-10)17-14-12-8-11(15(18)23)2-3-13(12)21-16(14)19-9-20-17/h2-3,8-10H,4-7H2,1H3,(H2,18,23)(H,19,20,21). The second kappa shape index (κ2) is 5.22. The maximum atomic E-state index is 11.5. The molecule has 2 aromatic heterocycles. The van der Waals surface area contributed by atoms with E-state index >= 15 is 0 Å². The Kier molecular flexibility index (Phi) is 3.18. The Morgan fingerprint density at radius 2 is 2.09 bits per heavy atom. The fraction of sp³-hybridized carbons (Fsp3) is 0.353. The number of nitrogens with two attached hydrogens (primary N) is 1. The van der Waals surface area contributed by atoms with E-state index in [1.807, 2.05) is 12.1 Å². The molecule has 6 heteroatoms. The lowest BCUT2D eigenvalue weighted by molar-refractivity contribution is 0.100. The maximum absolute atomic E-state index is 11.5. The SMILES string of the molecule is CC1CCN(c2ncnc3[nH]c4ccc(C(N)=O)cc4c23)CC1. The first kappa shape index (κ1) is 14.0. The van der Waals surface area contributed by atoms with E-state index in [-0.39, 0.29) is 0 Å². The molecule has 1 aliphatic heterocycles. The minimum Gasteiger partial charge on any atom is -0.366 e. The molecule has 6 nitrogen and oxygen atoms in total. The Balaban J connectivity index is 1.92. The second-order valence-corrected chi connectivity index (χ2v) is 6.34. The summed E-state index contributed by atoms with van der Waals surface area (Å²) in [4.78, 5) is 26.0. The summed E-state index contributed by atoms with van der Waals surface area (Å²) in [6.45, 7) is 4.28. The number of carbonyl (C=O) groups is 1. The van der Waals surface area contributed by atoms with Gasteiger partial charge in [-0.1, -0.05) is 6.92 Å². The predicted octanol–water partition coefficient (Wildman–Crippen LogP) is 2.45. The zero-order chi connectivity index (χ0) is 16.0. The number of fused-ring (bicyclic) bond motifs is 3. The normalized spacial score (nSPS) is 16.3. The second-order valence-electron chi connectivity index (χ2n) is 6.34. The fourth-order valence-corrected chi connectivity index (χ4v) is 3.32. The van der Waals surface area contributed by atoms with Crippen LogP contribution in [0.25, 0.3) is 21.9 Å². The summed E-state index contributed by atoms with van der Waals surface area (Å²) in [5.41, 5.74) is 7.66. The number of amides is 1. The monoisotopic (exact) mass is 309 g/mol. The topological polar surface area (TPSA) is 87.9 Å². The summed E-state index contributed by atoms with van der Waals surface area (Å²) in [7, 11) is 0. The van der Waals surface area contributed by atoms with Gasteiger partial charge >= 0.3 is 0 Å². The van der Waals surface area contributed by atoms with Crippen LogP contribution in [0.2, 0.25) is 0 Å². The number of rotatable bonds is 2. The van der Waals surface area contributed by atoms with Crippen molar-refractivity contribution in [3.05, 3.63) is 30.1 Å². The molecule has 118 valence electrons. The average Bonchev–Trinajstić information content (AvgIpc) is 2.93. The molecule has 0 saturated carbocycles. The molecule has 1 aromatic carbocycles. The third kappa shape index (κ3) is 2.30. The zero-order valence-corrected chi connectivity index (χ0v) is 13.0. The van der Waals surface area contributed by atoms with Crippen LogP contribution in [0.4, 0.5) is 5.82 Å². The molecule has 0 radical (unpaired) electrons. The number of piperidine rings is 1. The van der Waals surface area contributed by atoms with Crippen molar-refractivity contribution in [1.29, 1.82) is 0 Å². The molecular formula is C17H19N5O. The molecule has 1 amide bonds. The Labute approximate surface area is 133 Å². The van der Waals surface area contributed by atoms with Gasteiger partial charge in [-0.25, -0.2) is 9.97 Å². The number of carbonyl (C=O) groups excluding carboxylic acids is 1. The first-order valence-electron chi connectivity index (χ1n) is 7.94. The minimum atomic E-state index is -0.425. The van der Waals surface area contributed by atoms with Crippen LogP contribution in [0.15, 0.2) is 24.5 Å². The van der Waals surface area contributed by atoms with E-state index in [0.29, 0.717) is 5.56 Å². The summed E-state index contributed by atoms with van der Waals surface area (Å²) in [6, 6.07) is 5.44. The number of nitrogens with one attached hydrogen (secondary N) is 1. The molecule has 1 aliphatic rings. The van der Waals surface area contributed by atoms with E-state index in [2.05, 4.69) is 26.8 Å². The van der Waals surface area contributed by atoms with E-state index in [0.717, 1.165) is 46.8 Å². The molecule has 0 bridgehead atoms. The molecule has 0 atom stereocenters. The van der Waals surface area contributed by atoms with Gasteiger partial charge in [0.2, 0.25) is 5.91 Å². The van der Waals surface area contributed by atoms with Crippen LogP contribution in [0.1, 0.15) is 30.1 Å². The van der Waals surface area contributed by atoms with Gasteiger partial charge in [-0.2, -0.15) is 0 Å². The smallest absolute Gasteiger partial charge is 0.248 e. The third-order valence-electron chi connectivity index (χ3n) is 4.74. The molecule has 3 heterocycles. The third-order valence-corrected chi connectivity index (χ3v) is 4.74. The molecule has 23 heavy (non-hydrogen) atoms. The van der Waals surface area contributed by atoms with Crippen molar-refractivity contribution < 1.29 is 4.79 Å². The van der Waals surface area contributed by atoms with Gasteiger partial charge in [0, 0.05) is 29.6 Å². The number of hydrogen-bond acceptors (Lipinski definition) is 4. The van der Waals surface area contributed by atoms with Gasteiger partial charge in [0.1, 0.15) is 17.8 Å². The van der Waals surface area contributed by atoms with Gasteiger partial charge in [0.15, 0.2) is 0 Å². The van der Waals surface area contributed by atoms with E-state index in [1.54, 1.807) is 12.4 Å². The molecule has 0 spiro atoms. The minimum absolute atomic E-state index is 0.425. The van der Waals surface area contributed by atoms with Gasteiger partial charge < -0.3 is 15.6 Å². The van der Waals surface area contributed by atoms with Gasteiger partial charge in [-0.15, -0.1) is 0 Å². The summed E-state index contributed by atoms with van der Waals surface area (Å²) < 4.78 is 0. The van der Waals surface area contributed by atoms with Crippen LogP contribution in [0.3, 0.4) is 0 Å². The number of benzene rings is 1. The van der Waals surface area contributed by atoms with Crippen molar-refractivity contribution in [1.82, 2.24) is 15.0 Å². The van der Waals surface area contributed by atoms with Gasteiger partial charge in [0.05, 0.1) is 5.39 Å². The quantitative estimate of drug-likeness (QED) is 0.761. The summed E-state index contributed by atoms with van der Waals surface area (Å²) in [6.07, 6.45) is 3.93. The molecule has 4 rings (SSSR count). The molecular weight excluding hydrogens is 290 g/mol. The van der Waals surface area contributed by atoms with Crippen LogP contribution in [-0.4, -0.2) is 33.9 Å². The fourth-order valence-electron chi connectivity index (χ4n) is 3.32. The highest BCUT2D eigenvalue weighted by Crippen LogP contribution is 2.33. The van der Waals surface area contributed by atoms with E-state index < -0.39 is 5.91 Å². The van der Waals surface area contributed by atoms with Crippen molar-refractivity contribution in [3.8, 4) is 0 Å². The van der Waals surface area contributed by atoms with E-state index in [9.17, 15) is 4.79 Å². The zero-order valence-electron chi connectivity index (χ0n) is 13.0. The molecule has 3 N–H and O–H groups in total. The number of nitrogens with zero attached hydrogens (tertiary/aromatic N) is 3. The number of primary amides is 1. The molecule has 3 aromatic rings. The Morgan fingerprint density at radius 3 is 2.83 bits per heavy atom. The lowest BCUT2D eigenvalue weighted by atomic mass is 9.99. The summed E-state index contributed by atoms with van der Waals surface area (Å²) in [5, 5.41) is 1.92. The van der Waals surface area contributed by atoms with Crippen LogP contribution >= 0.6 is 0 Å². The van der Waals surface area contributed by atoms with E-state index in [1.165, 1.54) is 12.8 Å². The average molecular weight is 309 g/mol. The number of aromatic nitrogens is 3. The highest BCUT2D eigenvalue weighted by atomic mass is 16.1. The van der Waals surface area contributed by atoms with Gasteiger partial charge in [-0.3, -0.25) is 4.79 Å². The van der Waals surface area contributed by atoms with Gasteiger partial charge in [-0.05, 0) is 37.0 Å². The Bertz CT molecular complexity index is 893. The van der Waals surface area contributed by atoms with Crippen LogP contribution in [-0.2, 0) is 0 Å². The highest BCUT2D eigenvalue weighted by molar-refractivity contribution is 6.13. The molecule has 0 aliphatic carbocycles. The highest BCUT2D eigenvalue weighted by Gasteiger charge is 2.21. The number of H-pyrrole nitrogens is 1. The van der Waals surface area contributed by atoms with E-state index in [4.69, 9.17) is 5.73 Å². The van der Waals surface area contributed by atoms with Crippen molar-refractivity contribution >= 4 is 33.7 Å². The number of aromatic amines is 1. The summed E-state index contributed by atoms with van der Waals surface area (Å²) >= 11 is 0. The maximum Gasteiger partial charge on any atom is 0.248 e. The molecule has 0 unspecified atom stereocenters. The van der Waals surface area contributed by atoms with Crippen LogP contribution < -0.4 is 10.6 Å². The first-order valence-corrected chi connectivity index (χ1v) is 7.94. The van der Waals surface area contributed by atoms with Crippen LogP contribution in [0, 0.1) is 5.92 Å². The Hall–Kier alpha value is -2.63. The van der Waals surface area contributed by atoms with Gasteiger partial charge in [0.25, 0.3) is 0 Å². The number of hydrogen-bond donors (Lipinski definition) is 2. The Morgan fingerprint density at radius 1 is 1.30 bits per heavy atom. The van der Waals surface area contributed by atoms with Crippen LogP contribution in [0.5, 0.6) is 0 Å². The predicted molar refractivity (Wildman–Crippen MR) is 90.5 cm³/mol. The van der Waals surface area contributed by atoms with Crippen molar-refractivity contribution in [2.45, 2.75) is 19.8 Å². The van der Waals surface area contributed by atoms with Crippen molar-refractivity contribution in [2.24, 2.45) is 11.7 Å².